The van der Waals surface area contributed by atoms with Crippen LogP contribution in [0.5, 0.6) is 0 Å². The summed E-state index contributed by atoms with van der Waals surface area (Å²) >= 11 is 0. The highest BCUT2D eigenvalue weighted by molar-refractivity contribution is 4.81. The molecule has 0 radical (unpaired) electrons. The van der Waals surface area contributed by atoms with Crippen molar-refractivity contribution in [3.63, 3.8) is 0 Å². The Kier molecular flexibility index (Phi) is 2.03. The van der Waals surface area contributed by atoms with Gasteiger partial charge >= 0.3 is 0 Å². The van der Waals surface area contributed by atoms with Crippen LogP contribution in [-0.2, 0) is 0 Å². The smallest absolute Gasteiger partial charge is 0.0856 e. The van der Waals surface area contributed by atoms with Crippen molar-refractivity contribution in [1.29, 1.82) is 0 Å². The Balaban J connectivity index is 3.15. The van der Waals surface area contributed by atoms with Gasteiger partial charge in [-0.25, -0.2) is 0 Å². The van der Waals surface area contributed by atoms with E-state index in [9.17, 15) is 5.11 Å². The predicted molar refractivity (Wildman–Crippen MR) is 28.0 cm³/mol. The molecule has 0 rings (SSSR count). The summed E-state index contributed by atoms with van der Waals surface area (Å²) in [6, 6.07) is 0. The first kappa shape index (κ1) is 6.70. The fourth-order valence-corrected chi connectivity index (χ4v) is 0.322. The van der Waals surface area contributed by atoms with Gasteiger partial charge in [-0.3, -0.25) is 0 Å². The highest BCUT2D eigenvalue weighted by Gasteiger charge is 1.99. The number of rotatable bonds is 2. The van der Waals surface area contributed by atoms with Crippen LogP contribution in [0.4, 0.5) is 0 Å². The third-order valence-corrected chi connectivity index (χ3v) is 0.632. The summed E-state index contributed by atoms with van der Waals surface area (Å²) in [4.78, 5) is 0. The van der Waals surface area contributed by atoms with Gasteiger partial charge in [0.1, 0.15) is 0 Å². The summed E-state index contributed by atoms with van der Waals surface area (Å²) in [7, 11) is 0. The van der Waals surface area contributed by atoms with E-state index in [1.54, 1.807) is 0 Å². The monoisotopic (exact) mass is 98.1 g/mol. The van der Waals surface area contributed by atoms with Crippen LogP contribution in [-0.4, -0.2) is 5.60 Å². The molecular weight excluding hydrogens is 88.1 g/mol. The SMILES string of the molecule is [CH2+]CCC([CH2+])([CH2-])[O-]. The molecule has 0 aliphatic rings. The van der Waals surface area contributed by atoms with Gasteiger partial charge in [0.2, 0.25) is 0 Å². The van der Waals surface area contributed by atoms with E-state index in [1.807, 2.05) is 0 Å². The fourth-order valence-electron chi connectivity index (χ4n) is 0.322. The maximum Gasteiger partial charge on any atom is 0.0856 e. The van der Waals surface area contributed by atoms with Crippen LogP contribution < -0.4 is 5.11 Å². The molecule has 0 bridgehead atoms. The van der Waals surface area contributed by atoms with Crippen molar-refractivity contribution in [2.45, 2.75) is 18.4 Å². The van der Waals surface area contributed by atoms with Gasteiger partial charge in [-0.15, -0.1) is 0 Å². The Morgan fingerprint density at radius 2 is 2.14 bits per heavy atom. The lowest BCUT2D eigenvalue weighted by Crippen LogP contribution is -2.36. The summed E-state index contributed by atoms with van der Waals surface area (Å²) in [5.74, 6) is 0. The Bertz CT molecular complexity index is 42.6. The molecule has 1 heteroatoms. The third-order valence-electron chi connectivity index (χ3n) is 0.632. The minimum Gasteiger partial charge on any atom is -0.838 e. The minimum atomic E-state index is -1.26. The van der Waals surface area contributed by atoms with E-state index in [4.69, 9.17) is 0 Å². The van der Waals surface area contributed by atoms with Crippen LogP contribution in [0.3, 0.4) is 0 Å². The summed E-state index contributed by atoms with van der Waals surface area (Å²) in [5, 5.41) is 10.4. The second-order valence-corrected chi connectivity index (χ2v) is 1.79. The zero-order chi connectivity index (χ0) is 5.91. The molecule has 0 heterocycles. The first-order chi connectivity index (χ1) is 3.06. The second-order valence-electron chi connectivity index (χ2n) is 1.79. The summed E-state index contributed by atoms with van der Waals surface area (Å²) in [6.45, 7) is 10.00. The minimum absolute atomic E-state index is 0.451. The Hall–Kier alpha value is -0.300. The molecule has 0 aromatic heterocycles. The molecule has 40 valence electrons. The van der Waals surface area contributed by atoms with Gasteiger partial charge in [0.15, 0.2) is 0 Å². The van der Waals surface area contributed by atoms with Crippen molar-refractivity contribution in [3.05, 3.63) is 20.8 Å². The zero-order valence-electron chi connectivity index (χ0n) is 4.44. The van der Waals surface area contributed by atoms with Crippen LogP contribution >= 0.6 is 0 Å². The lowest BCUT2D eigenvalue weighted by Gasteiger charge is -2.29. The first-order valence-electron chi connectivity index (χ1n) is 2.26. The zero-order valence-corrected chi connectivity index (χ0v) is 4.44. The van der Waals surface area contributed by atoms with Crippen molar-refractivity contribution < 1.29 is 5.11 Å². The molecule has 0 N–H and O–H groups in total. The third kappa shape index (κ3) is 5.70. The van der Waals surface area contributed by atoms with Crippen molar-refractivity contribution in [3.8, 4) is 0 Å². The van der Waals surface area contributed by atoms with Crippen LogP contribution in [0, 0.1) is 20.8 Å². The molecule has 0 amide bonds. The molecule has 7 heavy (non-hydrogen) atoms. The molecule has 0 aliphatic carbocycles. The van der Waals surface area contributed by atoms with Crippen molar-refractivity contribution >= 4 is 0 Å². The van der Waals surface area contributed by atoms with E-state index in [-0.39, 0.29) is 0 Å². The van der Waals surface area contributed by atoms with E-state index in [0.717, 1.165) is 0 Å². The molecule has 1 nitrogen and oxygen atoms in total. The molecule has 0 saturated carbocycles. The Labute approximate surface area is 45.4 Å². The Morgan fingerprint density at radius 1 is 1.71 bits per heavy atom. The van der Waals surface area contributed by atoms with Gasteiger partial charge in [0, 0.05) is 6.92 Å². The second kappa shape index (κ2) is 2.12. The average Bonchev–Trinajstić information content (AvgIpc) is 1.30. The van der Waals surface area contributed by atoms with Crippen LogP contribution in [0.25, 0.3) is 0 Å². The lowest BCUT2D eigenvalue weighted by atomic mass is 10.0. The van der Waals surface area contributed by atoms with Gasteiger partial charge < -0.3 is 12.0 Å². The first-order valence-corrected chi connectivity index (χ1v) is 2.26. The number of hydrogen-bond acceptors (Lipinski definition) is 1. The molecule has 0 aliphatic heterocycles. The highest BCUT2D eigenvalue weighted by atomic mass is 16.3. The molecule has 0 unspecified atom stereocenters. The van der Waals surface area contributed by atoms with Crippen LogP contribution in [0.1, 0.15) is 12.8 Å². The summed E-state index contributed by atoms with van der Waals surface area (Å²) in [5.41, 5.74) is -1.26. The van der Waals surface area contributed by atoms with Crippen LogP contribution in [0.15, 0.2) is 0 Å². The largest absolute Gasteiger partial charge is 0.838 e. The normalized spacial score (nSPS) is 18.6. The topological polar surface area (TPSA) is 23.1 Å². The lowest BCUT2D eigenvalue weighted by molar-refractivity contribution is -0.445. The molecular formula is C6H10O. The van der Waals surface area contributed by atoms with E-state index >= 15 is 0 Å². The average molecular weight is 98.1 g/mol. The maximum absolute atomic E-state index is 10.4. The summed E-state index contributed by atoms with van der Waals surface area (Å²) in [6.07, 6.45) is 1.07. The molecule has 0 aromatic carbocycles. The van der Waals surface area contributed by atoms with Gasteiger partial charge in [-0.1, -0.05) is 5.60 Å². The predicted octanol–water partition coefficient (Wildman–Crippen LogP) is 0.368. The molecule has 0 saturated heterocycles. The standard InChI is InChI=1S/C6H10O/c1-4-5-6(2,3)7/h1-5H2. The van der Waals surface area contributed by atoms with Gasteiger partial charge in [-0.2, -0.15) is 0 Å². The fraction of sp³-hybridized carbons (Fsp3) is 0.500. The van der Waals surface area contributed by atoms with Gasteiger partial charge in [-0.05, 0) is 6.42 Å². The molecule has 0 spiro atoms. The van der Waals surface area contributed by atoms with Crippen molar-refractivity contribution in [1.82, 2.24) is 0 Å². The van der Waals surface area contributed by atoms with E-state index in [1.165, 1.54) is 0 Å². The van der Waals surface area contributed by atoms with E-state index < -0.39 is 5.60 Å². The van der Waals surface area contributed by atoms with E-state index in [2.05, 4.69) is 20.8 Å². The van der Waals surface area contributed by atoms with Crippen molar-refractivity contribution in [2.24, 2.45) is 0 Å². The number of hydrogen-bond donors (Lipinski definition) is 0. The van der Waals surface area contributed by atoms with Gasteiger partial charge in [0.05, 0.1) is 13.3 Å². The molecule has 0 fully saturated rings. The Morgan fingerprint density at radius 3 is 2.14 bits per heavy atom. The molecule has 0 atom stereocenters. The quantitative estimate of drug-likeness (QED) is 0.457. The van der Waals surface area contributed by atoms with Gasteiger partial charge in [0.25, 0.3) is 0 Å². The highest BCUT2D eigenvalue weighted by Crippen LogP contribution is 2.02. The maximum atomic E-state index is 10.4. The van der Waals surface area contributed by atoms with E-state index in [0.29, 0.717) is 12.8 Å². The van der Waals surface area contributed by atoms with Crippen molar-refractivity contribution in [2.75, 3.05) is 0 Å². The molecule has 0 aromatic rings. The van der Waals surface area contributed by atoms with Crippen LogP contribution in [0.2, 0.25) is 0 Å². The summed E-state index contributed by atoms with van der Waals surface area (Å²) < 4.78 is 0.